The summed E-state index contributed by atoms with van der Waals surface area (Å²) in [5.41, 5.74) is 1.25. The second kappa shape index (κ2) is 4.07. The van der Waals surface area contributed by atoms with Gasteiger partial charge < -0.3 is 5.32 Å². The minimum absolute atomic E-state index is 0.485. The number of hydrogen-bond acceptors (Lipinski definition) is 2. The Kier molecular flexibility index (Phi) is 2.81. The Hall–Kier alpha value is -0.600. The lowest BCUT2D eigenvalue weighted by molar-refractivity contribution is 0.411. The van der Waals surface area contributed by atoms with Crippen LogP contribution in [0.2, 0.25) is 5.15 Å². The number of nitrogens with one attached hydrogen (secondary N) is 1. The van der Waals surface area contributed by atoms with E-state index in [1.54, 1.807) is 0 Å². The maximum Gasteiger partial charge on any atom is 0.129 e. The summed E-state index contributed by atoms with van der Waals surface area (Å²) in [6, 6.07) is 4.39. The summed E-state index contributed by atoms with van der Waals surface area (Å²) < 4.78 is 0. The van der Waals surface area contributed by atoms with Crippen LogP contribution >= 0.6 is 11.6 Å². The van der Waals surface area contributed by atoms with Crippen molar-refractivity contribution in [2.45, 2.75) is 25.3 Å². The van der Waals surface area contributed by atoms with Gasteiger partial charge in [0.05, 0.1) is 0 Å². The van der Waals surface area contributed by atoms with Gasteiger partial charge in [-0.15, -0.1) is 0 Å². The van der Waals surface area contributed by atoms with E-state index in [2.05, 4.69) is 16.4 Å². The van der Waals surface area contributed by atoms with E-state index in [9.17, 15) is 0 Å². The van der Waals surface area contributed by atoms with E-state index in [4.69, 9.17) is 11.6 Å². The van der Waals surface area contributed by atoms with Gasteiger partial charge in [-0.25, -0.2) is 4.98 Å². The van der Waals surface area contributed by atoms with Crippen LogP contribution in [0.3, 0.4) is 0 Å². The molecule has 0 radical (unpaired) electrons. The van der Waals surface area contributed by atoms with Crippen molar-refractivity contribution >= 4 is 11.6 Å². The SMILES string of the molecule is Clc1ccc([C@H]2CCCCN2)cn1. The van der Waals surface area contributed by atoms with Crippen molar-refractivity contribution in [1.82, 2.24) is 10.3 Å². The quantitative estimate of drug-likeness (QED) is 0.699. The third-order valence-corrected chi connectivity index (χ3v) is 2.69. The van der Waals surface area contributed by atoms with Gasteiger partial charge in [-0.1, -0.05) is 24.1 Å². The predicted molar refractivity (Wildman–Crippen MR) is 53.8 cm³/mol. The van der Waals surface area contributed by atoms with Crippen LogP contribution in [0.25, 0.3) is 0 Å². The summed E-state index contributed by atoms with van der Waals surface area (Å²) in [5, 5.41) is 4.04. The molecular formula is C10H13ClN2. The van der Waals surface area contributed by atoms with Gasteiger partial charge in [-0.2, -0.15) is 0 Å². The second-order valence-electron chi connectivity index (χ2n) is 3.42. The molecule has 1 atom stereocenters. The zero-order valence-corrected chi connectivity index (χ0v) is 8.22. The molecule has 1 aromatic heterocycles. The van der Waals surface area contributed by atoms with Crippen LogP contribution < -0.4 is 5.32 Å². The normalized spacial score (nSPS) is 23.0. The number of rotatable bonds is 1. The Balaban J connectivity index is 2.10. The number of halogens is 1. The zero-order valence-electron chi connectivity index (χ0n) is 7.46. The fourth-order valence-electron chi connectivity index (χ4n) is 1.73. The molecule has 0 saturated carbocycles. The van der Waals surface area contributed by atoms with Gasteiger partial charge in [0.25, 0.3) is 0 Å². The molecule has 1 aliphatic rings. The largest absolute Gasteiger partial charge is 0.310 e. The van der Waals surface area contributed by atoms with Crippen LogP contribution in [-0.2, 0) is 0 Å². The summed E-state index contributed by atoms with van der Waals surface area (Å²) >= 11 is 5.72. The van der Waals surface area contributed by atoms with E-state index >= 15 is 0 Å². The fourth-order valence-corrected chi connectivity index (χ4v) is 1.84. The molecule has 1 fully saturated rings. The summed E-state index contributed by atoms with van der Waals surface area (Å²) in [4.78, 5) is 4.08. The Morgan fingerprint density at radius 1 is 1.38 bits per heavy atom. The molecule has 0 aromatic carbocycles. The molecule has 70 valence electrons. The average molecular weight is 197 g/mol. The molecule has 0 unspecified atom stereocenters. The second-order valence-corrected chi connectivity index (χ2v) is 3.80. The topological polar surface area (TPSA) is 24.9 Å². The van der Waals surface area contributed by atoms with E-state index < -0.39 is 0 Å². The van der Waals surface area contributed by atoms with Crippen LogP contribution in [-0.4, -0.2) is 11.5 Å². The van der Waals surface area contributed by atoms with Crippen molar-refractivity contribution in [3.63, 3.8) is 0 Å². The van der Waals surface area contributed by atoms with Gasteiger partial charge in [-0.3, -0.25) is 0 Å². The summed E-state index contributed by atoms with van der Waals surface area (Å²) in [6.45, 7) is 1.12. The van der Waals surface area contributed by atoms with Crippen molar-refractivity contribution < 1.29 is 0 Å². The molecule has 0 bridgehead atoms. The van der Waals surface area contributed by atoms with Crippen molar-refractivity contribution in [3.8, 4) is 0 Å². The van der Waals surface area contributed by atoms with Crippen LogP contribution in [0.4, 0.5) is 0 Å². The van der Waals surface area contributed by atoms with Crippen molar-refractivity contribution in [2.24, 2.45) is 0 Å². The zero-order chi connectivity index (χ0) is 9.10. The first-order chi connectivity index (χ1) is 6.36. The molecule has 0 aliphatic carbocycles. The lowest BCUT2D eigenvalue weighted by atomic mass is 9.99. The van der Waals surface area contributed by atoms with Gasteiger partial charge in [-0.05, 0) is 31.0 Å². The van der Waals surface area contributed by atoms with E-state index in [1.807, 2.05) is 12.3 Å². The first kappa shape index (κ1) is 8.97. The standard InChI is InChI=1S/C10H13ClN2/c11-10-5-4-8(7-13-10)9-3-1-2-6-12-9/h4-5,7,9,12H,1-3,6H2/t9-/m1/s1. The molecule has 13 heavy (non-hydrogen) atoms. The van der Waals surface area contributed by atoms with E-state index in [0.717, 1.165) is 6.54 Å². The first-order valence-corrected chi connectivity index (χ1v) is 5.09. The van der Waals surface area contributed by atoms with Crippen molar-refractivity contribution in [3.05, 3.63) is 29.0 Å². The Labute approximate surface area is 83.3 Å². The van der Waals surface area contributed by atoms with Crippen LogP contribution in [0.15, 0.2) is 18.3 Å². The highest BCUT2D eigenvalue weighted by Crippen LogP contribution is 2.22. The number of nitrogens with zero attached hydrogens (tertiary/aromatic N) is 1. The van der Waals surface area contributed by atoms with Gasteiger partial charge in [0.15, 0.2) is 0 Å². The van der Waals surface area contributed by atoms with Crippen LogP contribution in [0.5, 0.6) is 0 Å². The lowest BCUT2D eigenvalue weighted by Gasteiger charge is -2.23. The van der Waals surface area contributed by atoms with Crippen molar-refractivity contribution in [1.29, 1.82) is 0 Å². The average Bonchev–Trinajstić information content (AvgIpc) is 2.20. The van der Waals surface area contributed by atoms with Gasteiger partial charge in [0.1, 0.15) is 5.15 Å². The maximum atomic E-state index is 5.72. The molecule has 0 amide bonds. The van der Waals surface area contributed by atoms with Crippen LogP contribution in [0.1, 0.15) is 30.9 Å². The Morgan fingerprint density at radius 3 is 2.92 bits per heavy atom. The highest BCUT2D eigenvalue weighted by Gasteiger charge is 2.14. The molecule has 2 heterocycles. The fraction of sp³-hybridized carbons (Fsp3) is 0.500. The van der Waals surface area contributed by atoms with Crippen LogP contribution in [0, 0.1) is 0 Å². The first-order valence-electron chi connectivity index (χ1n) is 4.71. The number of pyridine rings is 1. The van der Waals surface area contributed by atoms with Gasteiger partial charge in [0, 0.05) is 12.2 Å². The number of piperidine rings is 1. The Morgan fingerprint density at radius 2 is 2.31 bits per heavy atom. The number of hydrogen-bond donors (Lipinski definition) is 1. The predicted octanol–water partition coefficient (Wildman–Crippen LogP) is 2.55. The minimum Gasteiger partial charge on any atom is -0.310 e. The highest BCUT2D eigenvalue weighted by molar-refractivity contribution is 6.29. The summed E-state index contributed by atoms with van der Waals surface area (Å²) in [6.07, 6.45) is 5.67. The minimum atomic E-state index is 0.485. The third-order valence-electron chi connectivity index (χ3n) is 2.46. The van der Waals surface area contributed by atoms with Gasteiger partial charge >= 0.3 is 0 Å². The molecule has 1 saturated heterocycles. The Bertz CT molecular complexity index is 265. The monoisotopic (exact) mass is 196 g/mol. The van der Waals surface area contributed by atoms with E-state index in [1.165, 1.54) is 24.8 Å². The maximum absolute atomic E-state index is 5.72. The molecule has 2 nitrogen and oxygen atoms in total. The molecule has 1 aromatic rings. The third kappa shape index (κ3) is 2.20. The van der Waals surface area contributed by atoms with Gasteiger partial charge in [0.2, 0.25) is 0 Å². The molecule has 1 aliphatic heterocycles. The van der Waals surface area contributed by atoms with E-state index in [-0.39, 0.29) is 0 Å². The highest BCUT2D eigenvalue weighted by atomic mass is 35.5. The molecule has 1 N–H and O–H groups in total. The van der Waals surface area contributed by atoms with E-state index in [0.29, 0.717) is 11.2 Å². The molecule has 0 spiro atoms. The molecule has 3 heteroatoms. The smallest absolute Gasteiger partial charge is 0.129 e. The summed E-state index contributed by atoms with van der Waals surface area (Å²) in [5.74, 6) is 0. The summed E-state index contributed by atoms with van der Waals surface area (Å²) in [7, 11) is 0. The lowest BCUT2D eigenvalue weighted by Crippen LogP contribution is -2.26. The van der Waals surface area contributed by atoms with Crippen molar-refractivity contribution in [2.75, 3.05) is 6.54 Å². The number of aromatic nitrogens is 1. The molecule has 2 rings (SSSR count). The molecular weight excluding hydrogens is 184 g/mol.